The van der Waals surface area contributed by atoms with Crippen molar-refractivity contribution >= 4 is 17.3 Å². The molecule has 1 aromatic carbocycles. The average Bonchev–Trinajstić information content (AvgIpc) is 3.27. The number of non-ortho nitro benzene ring substituents is 1. The van der Waals surface area contributed by atoms with E-state index in [4.69, 9.17) is 4.74 Å². The van der Waals surface area contributed by atoms with Crippen LogP contribution in [0.5, 0.6) is 0 Å². The zero-order chi connectivity index (χ0) is 19.7. The highest BCUT2D eigenvalue weighted by Crippen LogP contribution is 2.65. The van der Waals surface area contributed by atoms with Gasteiger partial charge in [0.05, 0.1) is 23.0 Å². The van der Waals surface area contributed by atoms with Crippen molar-refractivity contribution in [2.45, 2.75) is 50.5 Å². The smallest absolute Gasteiger partial charge is 0.335 e. The van der Waals surface area contributed by atoms with Crippen LogP contribution in [0.2, 0.25) is 0 Å². The number of nitro groups is 1. The largest absolute Gasteiger partial charge is 0.466 e. The fraction of sp³-hybridized carbons (Fsp3) is 0.571. The summed E-state index contributed by atoms with van der Waals surface area (Å²) in [5.74, 6) is -0.278. The van der Waals surface area contributed by atoms with Crippen LogP contribution in [0.1, 0.15) is 44.6 Å². The SMILES string of the molecule is CC[C@]12CCCN3CC[C@]4(C(=C(C(=O)OC)C1)Nc1ccc([N+](=O)[O-])cc14)[C@@H]32. The summed E-state index contributed by atoms with van der Waals surface area (Å²) in [6, 6.07) is 5.33. The minimum absolute atomic E-state index is 0.00428. The number of rotatable bonds is 3. The molecule has 3 atom stereocenters. The molecule has 0 radical (unpaired) electrons. The van der Waals surface area contributed by atoms with E-state index in [1.807, 2.05) is 0 Å². The molecule has 3 heterocycles. The number of nitro benzene ring substituents is 1. The van der Waals surface area contributed by atoms with Crippen molar-refractivity contribution < 1.29 is 14.5 Å². The van der Waals surface area contributed by atoms with Crippen molar-refractivity contribution in [3.8, 4) is 0 Å². The number of fused-ring (bicyclic) bond motifs is 1. The Hall–Kier alpha value is -2.41. The number of piperidine rings is 1. The van der Waals surface area contributed by atoms with Crippen LogP contribution in [0.3, 0.4) is 0 Å². The molecule has 28 heavy (non-hydrogen) atoms. The van der Waals surface area contributed by atoms with Gasteiger partial charge in [0.1, 0.15) is 0 Å². The molecule has 0 unspecified atom stereocenters. The van der Waals surface area contributed by atoms with E-state index in [0.29, 0.717) is 6.42 Å². The van der Waals surface area contributed by atoms with Gasteiger partial charge in [0, 0.05) is 29.6 Å². The summed E-state index contributed by atoms with van der Waals surface area (Å²) in [5, 5.41) is 15.0. The van der Waals surface area contributed by atoms with Gasteiger partial charge in [-0.25, -0.2) is 4.79 Å². The molecule has 5 rings (SSSR count). The van der Waals surface area contributed by atoms with Gasteiger partial charge in [-0.3, -0.25) is 15.0 Å². The van der Waals surface area contributed by atoms with Crippen LogP contribution in [0.15, 0.2) is 29.5 Å². The van der Waals surface area contributed by atoms with Gasteiger partial charge >= 0.3 is 5.97 Å². The summed E-state index contributed by atoms with van der Waals surface area (Å²) >= 11 is 0. The van der Waals surface area contributed by atoms with Crippen molar-refractivity contribution in [1.82, 2.24) is 4.90 Å². The highest BCUT2D eigenvalue weighted by Gasteiger charge is 2.66. The number of nitrogens with zero attached hydrogens (tertiary/aromatic N) is 2. The summed E-state index contributed by atoms with van der Waals surface area (Å²) in [7, 11) is 1.43. The van der Waals surface area contributed by atoms with Crippen LogP contribution in [0, 0.1) is 15.5 Å². The molecule has 0 amide bonds. The predicted octanol–water partition coefficient (Wildman–Crippen LogP) is 3.35. The van der Waals surface area contributed by atoms with Crippen molar-refractivity contribution in [2.75, 3.05) is 25.5 Å². The average molecular weight is 383 g/mol. The Labute approximate surface area is 163 Å². The predicted molar refractivity (Wildman–Crippen MR) is 104 cm³/mol. The Kier molecular flexibility index (Phi) is 3.66. The van der Waals surface area contributed by atoms with Crippen molar-refractivity contribution in [1.29, 1.82) is 0 Å². The minimum Gasteiger partial charge on any atom is -0.466 e. The standard InChI is InChI=1S/C21H25N3O4/c1-3-20-7-4-9-23-10-8-21(19(20)23)15-11-13(24(26)27)5-6-16(15)22-17(21)14(12-20)18(25)28-2/h5-6,11,19,22H,3-4,7-10,12H2,1-2H3/t19-,20-,21-/m0/s1. The fourth-order valence-corrected chi connectivity index (χ4v) is 6.63. The first-order valence-corrected chi connectivity index (χ1v) is 10.1. The number of anilines is 1. The summed E-state index contributed by atoms with van der Waals surface area (Å²) in [6.07, 6.45) is 4.76. The molecule has 2 saturated heterocycles. The zero-order valence-electron chi connectivity index (χ0n) is 16.3. The molecule has 1 spiro atoms. The van der Waals surface area contributed by atoms with E-state index in [0.717, 1.165) is 61.3 Å². The maximum absolute atomic E-state index is 12.8. The number of carbonyl (C=O) groups excluding carboxylic acids is 1. The molecule has 7 heteroatoms. The van der Waals surface area contributed by atoms with Gasteiger partial charge in [-0.15, -0.1) is 0 Å². The van der Waals surface area contributed by atoms with E-state index >= 15 is 0 Å². The first-order valence-electron chi connectivity index (χ1n) is 10.1. The van der Waals surface area contributed by atoms with E-state index in [1.54, 1.807) is 18.2 Å². The number of nitrogens with one attached hydrogen (secondary N) is 1. The zero-order valence-corrected chi connectivity index (χ0v) is 16.3. The van der Waals surface area contributed by atoms with E-state index in [-0.39, 0.29) is 33.5 Å². The first kappa shape index (κ1) is 17.7. The lowest BCUT2D eigenvalue weighted by Gasteiger charge is -2.56. The second kappa shape index (κ2) is 5.80. The number of benzene rings is 1. The molecular formula is C21H25N3O4. The van der Waals surface area contributed by atoms with Crippen LogP contribution in [-0.4, -0.2) is 42.0 Å². The van der Waals surface area contributed by atoms with Crippen LogP contribution in [-0.2, 0) is 14.9 Å². The molecular weight excluding hydrogens is 358 g/mol. The second-order valence-electron chi connectivity index (χ2n) is 8.61. The molecule has 0 saturated carbocycles. The maximum Gasteiger partial charge on any atom is 0.335 e. The van der Waals surface area contributed by atoms with Gasteiger partial charge in [-0.2, -0.15) is 0 Å². The third-order valence-electron chi connectivity index (χ3n) is 7.69. The van der Waals surface area contributed by atoms with E-state index in [2.05, 4.69) is 17.1 Å². The number of methoxy groups -OCH3 is 1. The number of esters is 1. The topological polar surface area (TPSA) is 84.7 Å². The molecule has 1 aliphatic carbocycles. The number of ether oxygens (including phenoxy) is 1. The van der Waals surface area contributed by atoms with E-state index < -0.39 is 0 Å². The van der Waals surface area contributed by atoms with Crippen molar-refractivity contribution in [3.63, 3.8) is 0 Å². The highest BCUT2D eigenvalue weighted by atomic mass is 16.6. The molecule has 148 valence electrons. The normalized spacial score (nSPS) is 33.0. The Balaban J connectivity index is 1.81. The molecule has 4 aliphatic rings. The summed E-state index contributed by atoms with van der Waals surface area (Å²) in [5.41, 5.74) is 3.23. The van der Waals surface area contributed by atoms with Gasteiger partial charge in [-0.1, -0.05) is 6.92 Å². The Morgan fingerprint density at radius 3 is 2.93 bits per heavy atom. The lowest BCUT2D eigenvalue weighted by atomic mass is 9.53. The Bertz CT molecular complexity index is 926. The lowest BCUT2D eigenvalue weighted by molar-refractivity contribution is -0.384. The van der Waals surface area contributed by atoms with Crippen molar-refractivity contribution in [2.24, 2.45) is 5.41 Å². The fourth-order valence-electron chi connectivity index (χ4n) is 6.63. The quantitative estimate of drug-likeness (QED) is 0.489. The molecule has 0 aromatic heterocycles. The summed E-state index contributed by atoms with van der Waals surface area (Å²) < 4.78 is 5.17. The highest BCUT2D eigenvalue weighted by molar-refractivity contribution is 5.93. The van der Waals surface area contributed by atoms with Crippen LogP contribution in [0.25, 0.3) is 0 Å². The van der Waals surface area contributed by atoms with Gasteiger partial charge in [-0.05, 0) is 62.2 Å². The number of carbonyl (C=O) groups is 1. The monoisotopic (exact) mass is 383 g/mol. The molecule has 1 N–H and O–H groups in total. The van der Waals surface area contributed by atoms with Gasteiger partial charge in [0.25, 0.3) is 5.69 Å². The third kappa shape index (κ3) is 2.00. The van der Waals surface area contributed by atoms with Crippen LogP contribution >= 0.6 is 0 Å². The minimum atomic E-state index is -0.389. The van der Waals surface area contributed by atoms with E-state index in [1.165, 1.54) is 7.11 Å². The van der Waals surface area contributed by atoms with Crippen LogP contribution in [0.4, 0.5) is 11.4 Å². The van der Waals surface area contributed by atoms with Gasteiger partial charge in [0.2, 0.25) is 0 Å². The molecule has 3 aliphatic heterocycles. The third-order valence-corrected chi connectivity index (χ3v) is 7.69. The summed E-state index contributed by atoms with van der Waals surface area (Å²) in [6.45, 7) is 4.22. The first-order chi connectivity index (χ1) is 13.5. The van der Waals surface area contributed by atoms with Gasteiger partial charge in [0.15, 0.2) is 0 Å². The summed E-state index contributed by atoms with van der Waals surface area (Å²) in [4.78, 5) is 26.5. The Morgan fingerprint density at radius 2 is 2.21 bits per heavy atom. The molecule has 1 aromatic rings. The number of hydrogen-bond acceptors (Lipinski definition) is 6. The van der Waals surface area contributed by atoms with Gasteiger partial charge < -0.3 is 10.1 Å². The molecule has 0 bridgehead atoms. The molecule has 7 nitrogen and oxygen atoms in total. The van der Waals surface area contributed by atoms with E-state index in [9.17, 15) is 14.9 Å². The maximum atomic E-state index is 12.8. The van der Waals surface area contributed by atoms with Crippen molar-refractivity contribution in [3.05, 3.63) is 45.1 Å². The Morgan fingerprint density at radius 1 is 1.39 bits per heavy atom. The van der Waals surface area contributed by atoms with Crippen LogP contribution < -0.4 is 5.32 Å². The lowest BCUT2D eigenvalue weighted by Crippen LogP contribution is -2.59. The number of hydrogen-bond donors (Lipinski definition) is 1. The second-order valence-corrected chi connectivity index (χ2v) is 8.61. The molecule has 2 fully saturated rings.